The molecular formula is C25H37N5O2. The molecular weight excluding hydrogens is 402 g/mol. The van der Waals surface area contributed by atoms with Crippen LogP contribution in [0.5, 0.6) is 0 Å². The van der Waals surface area contributed by atoms with Gasteiger partial charge in [0.2, 0.25) is 12.3 Å². The Morgan fingerprint density at radius 3 is 2.75 bits per heavy atom. The summed E-state index contributed by atoms with van der Waals surface area (Å²) in [6.45, 7) is 6.07. The summed E-state index contributed by atoms with van der Waals surface area (Å²) < 4.78 is 0. The molecule has 0 saturated carbocycles. The van der Waals surface area contributed by atoms with E-state index < -0.39 is 11.7 Å². The second-order valence-corrected chi connectivity index (χ2v) is 8.71. The van der Waals surface area contributed by atoms with Gasteiger partial charge in [0.05, 0.1) is 6.33 Å². The predicted molar refractivity (Wildman–Crippen MR) is 126 cm³/mol. The van der Waals surface area contributed by atoms with Crippen molar-refractivity contribution in [2.75, 3.05) is 13.1 Å². The Balaban J connectivity index is 1.83. The van der Waals surface area contributed by atoms with Crippen LogP contribution in [-0.2, 0) is 28.9 Å². The third-order valence-electron chi connectivity index (χ3n) is 6.65. The van der Waals surface area contributed by atoms with E-state index in [1.165, 1.54) is 30.4 Å². The van der Waals surface area contributed by atoms with Crippen molar-refractivity contribution in [2.24, 2.45) is 0 Å². The van der Waals surface area contributed by atoms with Crippen LogP contribution in [0.1, 0.15) is 62.8 Å². The first-order valence-electron chi connectivity index (χ1n) is 11.9. The molecule has 0 fully saturated rings. The Labute approximate surface area is 191 Å². The second kappa shape index (κ2) is 11.8. The average Bonchev–Trinajstić information content (AvgIpc) is 3.32. The maximum atomic E-state index is 13.9. The monoisotopic (exact) mass is 439 g/mol. The van der Waals surface area contributed by atoms with Crippen LogP contribution in [0, 0.1) is 0 Å². The number of carbonyl (C=O) groups excluding carboxylic acids is 2. The van der Waals surface area contributed by atoms with Crippen molar-refractivity contribution < 1.29 is 9.59 Å². The van der Waals surface area contributed by atoms with Gasteiger partial charge in [0.1, 0.15) is 11.7 Å². The zero-order valence-electron chi connectivity index (χ0n) is 19.4. The van der Waals surface area contributed by atoms with Gasteiger partial charge in [0.25, 0.3) is 0 Å². The lowest BCUT2D eigenvalue weighted by molar-refractivity contribution is -0.136. The number of aromatic nitrogens is 2. The number of aromatic amines is 1. The van der Waals surface area contributed by atoms with Crippen LogP contribution in [0.2, 0.25) is 0 Å². The van der Waals surface area contributed by atoms with Gasteiger partial charge in [-0.25, -0.2) is 4.98 Å². The van der Waals surface area contributed by atoms with Gasteiger partial charge in [0.15, 0.2) is 0 Å². The van der Waals surface area contributed by atoms with Crippen molar-refractivity contribution in [1.29, 1.82) is 0 Å². The van der Waals surface area contributed by atoms with E-state index in [0.29, 0.717) is 19.3 Å². The summed E-state index contributed by atoms with van der Waals surface area (Å²) in [7, 11) is 0. The van der Waals surface area contributed by atoms with E-state index in [1.807, 2.05) is 0 Å². The van der Waals surface area contributed by atoms with E-state index >= 15 is 0 Å². The van der Waals surface area contributed by atoms with E-state index in [9.17, 15) is 9.59 Å². The van der Waals surface area contributed by atoms with Crippen LogP contribution in [0.25, 0.3) is 0 Å². The number of nitrogens with zero attached hydrogens (tertiary/aromatic N) is 2. The fourth-order valence-electron chi connectivity index (χ4n) is 4.87. The van der Waals surface area contributed by atoms with Gasteiger partial charge in [-0.05, 0) is 43.5 Å². The van der Waals surface area contributed by atoms with E-state index in [0.717, 1.165) is 38.0 Å². The largest absolute Gasteiger partial charge is 0.348 e. The number of carbonyl (C=O) groups is 2. The molecule has 0 saturated heterocycles. The van der Waals surface area contributed by atoms with Crippen molar-refractivity contribution in [3.8, 4) is 0 Å². The lowest BCUT2D eigenvalue weighted by atomic mass is 9.75. The molecule has 1 aromatic heterocycles. The fraction of sp³-hybridized carbons (Fsp3) is 0.560. The molecule has 0 spiro atoms. The molecule has 1 aliphatic rings. The summed E-state index contributed by atoms with van der Waals surface area (Å²) in [5.74, 6) is -0.0109. The molecule has 0 bridgehead atoms. The standard InChI is InChI=1S/C25H37N5O2/c1-3-5-6-9-14-30(4-2)25(13-12-20-10-7-8-11-21(20)16-25)24(32)29-23(28-19-31)15-22-17-26-18-27-22/h7-8,10-11,17-19,23H,3-6,9,12-16H2,1-2H3,(H,26,27)(H,28,31)(H,29,32). The summed E-state index contributed by atoms with van der Waals surface area (Å²) in [4.78, 5) is 34.6. The number of benzene rings is 1. The second-order valence-electron chi connectivity index (χ2n) is 8.71. The van der Waals surface area contributed by atoms with E-state index in [1.54, 1.807) is 12.5 Å². The maximum absolute atomic E-state index is 13.9. The predicted octanol–water partition coefficient (Wildman–Crippen LogP) is 2.97. The van der Waals surface area contributed by atoms with Gasteiger partial charge in [0, 0.05) is 24.7 Å². The van der Waals surface area contributed by atoms with Gasteiger partial charge in [-0.15, -0.1) is 0 Å². The van der Waals surface area contributed by atoms with Crippen LogP contribution in [0.15, 0.2) is 36.8 Å². The van der Waals surface area contributed by atoms with Gasteiger partial charge in [-0.2, -0.15) is 0 Å². The maximum Gasteiger partial charge on any atom is 0.242 e. The summed E-state index contributed by atoms with van der Waals surface area (Å²) in [5, 5.41) is 5.91. The van der Waals surface area contributed by atoms with Gasteiger partial charge in [-0.3, -0.25) is 14.5 Å². The molecule has 2 atom stereocenters. The van der Waals surface area contributed by atoms with E-state index in [2.05, 4.69) is 63.6 Å². The lowest BCUT2D eigenvalue weighted by Gasteiger charge is -2.46. The van der Waals surface area contributed by atoms with E-state index in [-0.39, 0.29) is 5.91 Å². The third-order valence-corrected chi connectivity index (χ3v) is 6.65. The number of hydrogen-bond acceptors (Lipinski definition) is 4. The highest BCUT2D eigenvalue weighted by Gasteiger charge is 2.45. The number of fused-ring (bicyclic) bond motifs is 1. The smallest absolute Gasteiger partial charge is 0.242 e. The Morgan fingerprint density at radius 2 is 2.06 bits per heavy atom. The molecule has 1 aliphatic carbocycles. The zero-order valence-corrected chi connectivity index (χ0v) is 19.4. The topological polar surface area (TPSA) is 90.1 Å². The molecule has 7 heteroatoms. The number of H-pyrrole nitrogens is 1. The summed E-state index contributed by atoms with van der Waals surface area (Å²) in [6, 6.07) is 8.44. The quantitative estimate of drug-likeness (QED) is 0.254. The number of imidazole rings is 1. The first-order chi connectivity index (χ1) is 15.6. The number of likely N-dealkylation sites (N-methyl/N-ethyl adjacent to an activating group) is 1. The number of hydrogen-bond donors (Lipinski definition) is 3. The zero-order chi connectivity index (χ0) is 22.8. The van der Waals surface area contributed by atoms with Crippen molar-refractivity contribution in [3.05, 3.63) is 53.6 Å². The number of aryl methyl sites for hydroxylation is 1. The Kier molecular flexibility index (Phi) is 8.85. The lowest BCUT2D eigenvalue weighted by Crippen LogP contribution is -2.64. The van der Waals surface area contributed by atoms with Crippen molar-refractivity contribution in [1.82, 2.24) is 25.5 Å². The molecule has 3 rings (SSSR count). The molecule has 0 radical (unpaired) electrons. The van der Waals surface area contributed by atoms with Gasteiger partial charge < -0.3 is 15.6 Å². The van der Waals surface area contributed by atoms with Crippen molar-refractivity contribution in [2.45, 2.75) is 76.9 Å². The minimum absolute atomic E-state index is 0.0109. The van der Waals surface area contributed by atoms with Gasteiger partial charge >= 0.3 is 0 Å². The minimum Gasteiger partial charge on any atom is -0.348 e. The molecule has 3 N–H and O–H groups in total. The molecule has 2 amide bonds. The Hall–Kier alpha value is -2.67. The molecule has 7 nitrogen and oxygen atoms in total. The fourth-order valence-corrected chi connectivity index (χ4v) is 4.87. The molecule has 2 aromatic rings. The molecule has 2 unspecified atom stereocenters. The first-order valence-corrected chi connectivity index (χ1v) is 11.9. The highest BCUT2D eigenvalue weighted by molar-refractivity contribution is 5.87. The van der Waals surface area contributed by atoms with Crippen LogP contribution in [-0.4, -0.2) is 52.0 Å². The normalized spacial score (nSPS) is 18.7. The number of nitrogens with one attached hydrogen (secondary N) is 3. The highest BCUT2D eigenvalue weighted by atomic mass is 16.2. The van der Waals surface area contributed by atoms with Crippen LogP contribution >= 0.6 is 0 Å². The average molecular weight is 440 g/mol. The van der Waals surface area contributed by atoms with Crippen LogP contribution in [0.4, 0.5) is 0 Å². The van der Waals surface area contributed by atoms with Gasteiger partial charge in [-0.1, -0.05) is 57.4 Å². The van der Waals surface area contributed by atoms with Crippen molar-refractivity contribution >= 4 is 12.3 Å². The molecule has 174 valence electrons. The number of amides is 2. The van der Waals surface area contributed by atoms with Crippen LogP contribution < -0.4 is 10.6 Å². The summed E-state index contributed by atoms with van der Waals surface area (Å²) in [5.41, 5.74) is 2.82. The van der Waals surface area contributed by atoms with E-state index in [4.69, 9.17) is 0 Å². The first kappa shape index (κ1) is 24.0. The molecule has 0 aliphatic heterocycles. The third kappa shape index (κ3) is 5.76. The Morgan fingerprint density at radius 1 is 1.25 bits per heavy atom. The molecule has 32 heavy (non-hydrogen) atoms. The summed E-state index contributed by atoms with van der Waals surface area (Å²) >= 11 is 0. The number of rotatable bonds is 13. The SMILES string of the molecule is CCCCCCN(CC)C1(C(=O)NC(Cc2cnc[nH]2)NC=O)CCc2ccccc2C1. The summed E-state index contributed by atoms with van der Waals surface area (Å²) in [6.07, 6.45) is 10.9. The van der Waals surface area contributed by atoms with Crippen LogP contribution in [0.3, 0.4) is 0 Å². The molecule has 1 heterocycles. The highest BCUT2D eigenvalue weighted by Crippen LogP contribution is 2.34. The molecule has 1 aromatic carbocycles. The Bertz CT molecular complexity index is 854. The minimum atomic E-state index is -0.619. The number of unbranched alkanes of at least 4 members (excludes halogenated alkanes) is 3. The van der Waals surface area contributed by atoms with Crippen molar-refractivity contribution in [3.63, 3.8) is 0 Å².